The Morgan fingerprint density at radius 2 is 1.82 bits per heavy atom. The molecule has 2 aliphatic rings. The third kappa shape index (κ3) is 3.11. The van der Waals surface area contributed by atoms with Gasteiger partial charge in [0.25, 0.3) is 0 Å². The van der Waals surface area contributed by atoms with E-state index < -0.39 is 5.91 Å². The van der Waals surface area contributed by atoms with Crippen LogP contribution in [0.3, 0.4) is 0 Å². The topological polar surface area (TPSA) is 88.5 Å². The summed E-state index contributed by atoms with van der Waals surface area (Å²) in [4.78, 5) is 16.2. The maximum absolute atomic E-state index is 11.3. The molecule has 2 aromatic carbocycles. The Hall–Kier alpha value is -2.93. The van der Waals surface area contributed by atoms with E-state index in [1.807, 2.05) is 18.2 Å². The molecular weight excluding hydrogens is 354 g/mol. The van der Waals surface area contributed by atoms with Crippen LogP contribution in [0.25, 0.3) is 22.2 Å². The van der Waals surface area contributed by atoms with Crippen LogP contribution in [0.1, 0.15) is 23.2 Å². The van der Waals surface area contributed by atoms with Crippen LogP contribution in [0.15, 0.2) is 41.0 Å². The molecule has 5 rings (SSSR count). The van der Waals surface area contributed by atoms with Gasteiger partial charge in [-0.3, -0.25) is 4.79 Å². The minimum atomic E-state index is -0.423. The molecule has 2 saturated heterocycles. The summed E-state index contributed by atoms with van der Waals surface area (Å²) in [5.41, 5.74) is 10.5. The number of carbonyl (C=O) groups excluding carboxylic acids is 1. The molecule has 2 aliphatic heterocycles. The van der Waals surface area contributed by atoms with Crippen LogP contribution in [0.2, 0.25) is 0 Å². The molecule has 1 aromatic heterocycles. The molecule has 0 bridgehead atoms. The fraction of sp³-hybridized carbons (Fsp3) is 0.381. The number of aromatic nitrogens is 2. The first kappa shape index (κ1) is 17.2. The lowest BCUT2D eigenvalue weighted by molar-refractivity contribution is 0.100. The van der Waals surface area contributed by atoms with Gasteiger partial charge in [-0.25, -0.2) is 4.63 Å². The zero-order chi connectivity index (χ0) is 19.1. The highest BCUT2D eigenvalue weighted by atomic mass is 16.6. The number of nitrogens with zero attached hydrogens (tertiary/aromatic N) is 4. The molecule has 0 radical (unpaired) electrons. The van der Waals surface area contributed by atoms with Crippen molar-refractivity contribution in [2.45, 2.75) is 12.8 Å². The second-order valence-corrected chi connectivity index (χ2v) is 7.85. The van der Waals surface area contributed by atoms with Crippen molar-refractivity contribution in [3.63, 3.8) is 0 Å². The predicted molar refractivity (Wildman–Crippen MR) is 107 cm³/mol. The summed E-state index contributed by atoms with van der Waals surface area (Å²) >= 11 is 0. The molecule has 7 nitrogen and oxygen atoms in total. The number of hydrogen-bond acceptors (Lipinski definition) is 6. The van der Waals surface area contributed by atoms with Gasteiger partial charge in [-0.1, -0.05) is 12.1 Å². The zero-order valence-electron chi connectivity index (χ0n) is 15.7. The van der Waals surface area contributed by atoms with E-state index in [-0.39, 0.29) is 0 Å². The van der Waals surface area contributed by atoms with E-state index in [9.17, 15) is 4.79 Å². The molecule has 28 heavy (non-hydrogen) atoms. The predicted octanol–water partition coefficient (Wildman–Crippen LogP) is 2.52. The van der Waals surface area contributed by atoms with Crippen molar-refractivity contribution in [1.29, 1.82) is 0 Å². The minimum absolute atomic E-state index is 0.423. The summed E-state index contributed by atoms with van der Waals surface area (Å²) in [6, 6.07) is 11.4. The third-order valence-electron chi connectivity index (χ3n) is 5.86. The molecule has 2 N–H and O–H groups in total. The molecule has 3 heterocycles. The molecule has 0 saturated carbocycles. The first-order chi connectivity index (χ1) is 13.7. The average molecular weight is 377 g/mol. The number of primary amides is 1. The Balaban J connectivity index is 1.40. The average Bonchev–Trinajstić information content (AvgIpc) is 3.35. The summed E-state index contributed by atoms with van der Waals surface area (Å²) in [7, 11) is 0. The maximum Gasteiger partial charge on any atom is 0.248 e. The van der Waals surface area contributed by atoms with E-state index >= 15 is 0 Å². The quantitative estimate of drug-likeness (QED) is 0.735. The standard InChI is InChI=1S/C21H23N5O2/c22-21(27)16-5-3-15(4-6-16)17-9-18-20(24-28-23-18)19(10-17)26-12-14(13-26)11-25-7-1-2-8-25/h3-6,9-10,14H,1-2,7-8,11-13H2,(H2,22,27). The highest BCUT2D eigenvalue weighted by Gasteiger charge is 2.31. The largest absolute Gasteiger partial charge is 0.369 e. The van der Waals surface area contributed by atoms with Gasteiger partial charge in [0.1, 0.15) is 5.52 Å². The molecule has 0 atom stereocenters. The molecule has 0 unspecified atom stereocenters. The number of benzene rings is 2. The van der Waals surface area contributed by atoms with Crippen LogP contribution in [-0.4, -0.2) is 53.8 Å². The van der Waals surface area contributed by atoms with E-state index in [1.54, 1.807) is 12.1 Å². The molecule has 0 spiro atoms. The van der Waals surface area contributed by atoms with Crippen molar-refractivity contribution in [3.8, 4) is 11.1 Å². The summed E-state index contributed by atoms with van der Waals surface area (Å²) in [6.45, 7) is 5.73. The Kier molecular flexibility index (Phi) is 4.24. The first-order valence-electron chi connectivity index (χ1n) is 9.81. The van der Waals surface area contributed by atoms with Crippen LogP contribution >= 0.6 is 0 Å². The Morgan fingerprint density at radius 1 is 1.07 bits per heavy atom. The van der Waals surface area contributed by atoms with Crippen molar-refractivity contribution in [2.75, 3.05) is 37.6 Å². The van der Waals surface area contributed by atoms with Crippen LogP contribution in [-0.2, 0) is 0 Å². The first-order valence-corrected chi connectivity index (χ1v) is 9.81. The number of likely N-dealkylation sites (tertiary alicyclic amines) is 1. The van der Waals surface area contributed by atoms with Crippen molar-refractivity contribution in [2.24, 2.45) is 11.7 Å². The summed E-state index contributed by atoms with van der Waals surface area (Å²) in [5.74, 6) is 0.277. The smallest absolute Gasteiger partial charge is 0.248 e. The number of hydrogen-bond donors (Lipinski definition) is 1. The molecule has 2 fully saturated rings. The lowest BCUT2D eigenvalue weighted by atomic mass is 9.96. The van der Waals surface area contributed by atoms with Gasteiger partial charge in [0.05, 0.1) is 5.69 Å². The fourth-order valence-electron chi connectivity index (χ4n) is 4.32. The highest BCUT2D eigenvalue weighted by Crippen LogP contribution is 2.35. The second kappa shape index (κ2) is 6.91. The van der Waals surface area contributed by atoms with E-state index in [2.05, 4.69) is 26.2 Å². The monoisotopic (exact) mass is 377 g/mol. The Morgan fingerprint density at radius 3 is 2.54 bits per heavy atom. The van der Waals surface area contributed by atoms with Crippen molar-refractivity contribution >= 4 is 22.6 Å². The molecular formula is C21H23N5O2. The third-order valence-corrected chi connectivity index (χ3v) is 5.86. The van der Waals surface area contributed by atoms with Crippen molar-refractivity contribution in [3.05, 3.63) is 42.0 Å². The molecule has 3 aromatic rings. The second-order valence-electron chi connectivity index (χ2n) is 7.85. The zero-order valence-corrected chi connectivity index (χ0v) is 15.7. The number of amides is 1. The van der Waals surface area contributed by atoms with Gasteiger partial charge in [-0.15, -0.1) is 0 Å². The number of nitrogens with two attached hydrogens (primary N) is 1. The molecule has 144 valence electrons. The lowest BCUT2D eigenvalue weighted by Gasteiger charge is -2.42. The number of fused-ring (bicyclic) bond motifs is 1. The van der Waals surface area contributed by atoms with Gasteiger partial charge < -0.3 is 15.5 Å². The van der Waals surface area contributed by atoms with E-state index in [0.29, 0.717) is 11.5 Å². The normalized spacial score (nSPS) is 17.9. The fourth-order valence-corrected chi connectivity index (χ4v) is 4.32. The molecule has 1 amide bonds. The highest BCUT2D eigenvalue weighted by molar-refractivity contribution is 5.95. The van der Waals surface area contributed by atoms with E-state index in [4.69, 9.17) is 10.4 Å². The SMILES string of the molecule is NC(=O)c1ccc(-c2cc(N3CC(CN4CCCC4)C3)c3nonc3c2)cc1. The van der Waals surface area contributed by atoms with Crippen LogP contribution in [0, 0.1) is 5.92 Å². The van der Waals surface area contributed by atoms with Gasteiger partial charge in [0.2, 0.25) is 5.91 Å². The number of carbonyl (C=O) groups is 1. The lowest BCUT2D eigenvalue weighted by Crippen LogP contribution is -2.51. The van der Waals surface area contributed by atoms with Crippen molar-refractivity contribution in [1.82, 2.24) is 15.2 Å². The Labute approximate surface area is 163 Å². The summed E-state index contributed by atoms with van der Waals surface area (Å²) in [5, 5.41) is 8.18. The Bertz CT molecular complexity index is 1000. The maximum atomic E-state index is 11.3. The van der Waals surface area contributed by atoms with Gasteiger partial charge in [0, 0.05) is 31.1 Å². The van der Waals surface area contributed by atoms with Gasteiger partial charge in [-0.05, 0) is 71.6 Å². The molecule has 0 aliphatic carbocycles. The van der Waals surface area contributed by atoms with Crippen LogP contribution < -0.4 is 10.6 Å². The van der Waals surface area contributed by atoms with Gasteiger partial charge in [-0.2, -0.15) is 0 Å². The van der Waals surface area contributed by atoms with Crippen molar-refractivity contribution < 1.29 is 9.42 Å². The van der Waals surface area contributed by atoms with Gasteiger partial charge in [0.15, 0.2) is 5.52 Å². The number of rotatable bonds is 5. The van der Waals surface area contributed by atoms with Crippen LogP contribution in [0.4, 0.5) is 5.69 Å². The van der Waals surface area contributed by atoms with E-state index in [1.165, 1.54) is 32.5 Å². The summed E-state index contributed by atoms with van der Waals surface area (Å²) < 4.78 is 5.00. The minimum Gasteiger partial charge on any atom is -0.369 e. The van der Waals surface area contributed by atoms with Crippen LogP contribution in [0.5, 0.6) is 0 Å². The number of anilines is 1. The molecule has 7 heteroatoms. The summed E-state index contributed by atoms with van der Waals surface area (Å²) in [6.07, 6.45) is 2.66. The van der Waals surface area contributed by atoms with Gasteiger partial charge >= 0.3 is 0 Å². The van der Waals surface area contributed by atoms with E-state index in [0.717, 1.165) is 40.9 Å².